The summed E-state index contributed by atoms with van der Waals surface area (Å²) in [5, 5.41) is 0. The second-order valence-corrected chi connectivity index (χ2v) is 5.87. The summed E-state index contributed by atoms with van der Waals surface area (Å²) in [5.74, 6) is 0.698. The standard InChI is InChI=1S/C18H20N2O2/c1-12-7-8-15(9-13(12)2)18(21)20-10-16(11-20)22-17-6-4-5-14(3)19-17/h4-9,16H,10-11H2,1-3H3. The number of nitrogens with zero attached hydrogens (tertiary/aromatic N) is 2. The number of ether oxygens (including phenoxy) is 1. The van der Waals surface area contributed by atoms with Crippen LogP contribution in [0.5, 0.6) is 5.88 Å². The quantitative estimate of drug-likeness (QED) is 0.874. The van der Waals surface area contributed by atoms with Gasteiger partial charge in [-0.2, -0.15) is 0 Å². The monoisotopic (exact) mass is 296 g/mol. The van der Waals surface area contributed by atoms with Crippen LogP contribution in [0.25, 0.3) is 0 Å². The van der Waals surface area contributed by atoms with E-state index in [1.165, 1.54) is 5.56 Å². The first-order chi connectivity index (χ1) is 10.5. The van der Waals surface area contributed by atoms with Crippen molar-refractivity contribution in [2.45, 2.75) is 26.9 Å². The molecule has 4 nitrogen and oxygen atoms in total. The Kier molecular flexibility index (Phi) is 3.84. The van der Waals surface area contributed by atoms with Gasteiger partial charge in [0.2, 0.25) is 5.88 Å². The molecule has 0 aliphatic carbocycles. The Hall–Kier alpha value is -2.36. The summed E-state index contributed by atoms with van der Waals surface area (Å²) in [7, 11) is 0. The molecule has 1 saturated heterocycles. The number of amides is 1. The number of carbonyl (C=O) groups is 1. The lowest BCUT2D eigenvalue weighted by Gasteiger charge is -2.38. The van der Waals surface area contributed by atoms with E-state index in [4.69, 9.17) is 4.74 Å². The minimum Gasteiger partial charge on any atom is -0.471 e. The number of likely N-dealkylation sites (tertiary alicyclic amines) is 1. The van der Waals surface area contributed by atoms with E-state index >= 15 is 0 Å². The Morgan fingerprint density at radius 3 is 2.59 bits per heavy atom. The van der Waals surface area contributed by atoms with Crippen molar-refractivity contribution in [3.05, 3.63) is 58.8 Å². The first kappa shape index (κ1) is 14.6. The molecule has 1 fully saturated rings. The number of hydrogen-bond acceptors (Lipinski definition) is 3. The predicted octanol–water partition coefficient (Wildman–Crippen LogP) is 2.91. The summed E-state index contributed by atoms with van der Waals surface area (Å²) in [6.45, 7) is 7.23. The van der Waals surface area contributed by atoms with E-state index in [1.807, 2.05) is 62.1 Å². The van der Waals surface area contributed by atoms with Gasteiger partial charge in [-0.05, 0) is 50.1 Å². The molecule has 1 aromatic heterocycles. The average molecular weight is 296 g/mol. The second-order valence-electron chi connectivity index (χ2n) is 5.87. The van der Waals surface area contributed by atoms with Gasteiger partial charge in [0.05, 0.1) is 13.1 Å². The second kappa shape index (κ2) is 5.79. The van der Waals surface area contributed by atoms with Crippen LogP contribution in [-0.4, -0.2) is 35.0 Å². The summed E-state index contributed by atoms with van der Waals surface area (Å²) in [6.07, 6.45) is 0.0322. The first-order valence-corrected chi connectivity index (χ1v) is 7.50. The van der Waals surface area contributed by atoms with Gasteiger partial charge in [0.15, 0.2) is 0 Å². The molecule has 1 aliphatic rings. The van der Waals surface area contributed by atoms with E-state index in [1.54, 1.807) is 0 Å². The lowest BCUT2D eigenvalue weighted by atomic mass is 10.0. The van der Waals surface area contributed by atoms with Gasteiger partial charge in [0.25, 0.3) is 5.91 Å². The number of hydrogen-bond donors (Lipinski definition) is 0. The molecule has 0 atom stereocenters. The summed E-state index contributed by atoms with van der Waals surface area (Å²) in [6, 6.07) is 11.5. The Labute approximate surface area is 130 Å². The number of benzene rings is 1. The molecular weight excluding hydrogens is 276 g/mol. The van der Waals surface area contributed by atoms with Gasteiger partial charge in [-0.3, -0.25) is 4.79 Å². The van der Waals surface area contributed by atoms with E-state index in [-0.39, 0.29) is 12.0 Å². The molecule has 1 amide bonds. The lowest BCUT2D eigenvalue weighted by Crippen LogP contribution is -2.56. The van der Waals surface area contributed by atoms with Crippen LogP contribution in [0.2, 0.25) is 0 Å². The number of aromatic nitrogens is 1. The third-order valence-electron chi connectivity index (χ3n) is 4.04. The van der Waals surface area contributed by atoms with E-state index in [0.717, 1.165) is 16.8 Å². The summed E-state index contributed by atoms with van der Waals surface area (Å²) >= 11 is 0. The molecule has 0 radical (unpaired) electrons. The van der Waals surface area contributed by atoms with E-state index in [0.29, 0.717) is 19.0 Å². The molecule has 0 bridgehead atoms. The van der Waals surface area contributed by atoms with Crippen molar-refractivity contribution in [2.24, 2.45) is 0 Å². The number of aryl methyl sites for hydroxylation is 3. The summed E-state index contributed by atoms with van der Waals surface area (Å²) in [5.41, 5.74) is 4.02. The Bertz CT molecular complexity index is 706. The van der Waals surface area contributed by atoms with Gasteiger partial charge < -0.3 is 9.64 Å². The molecule has 1 aliphatic heterocycles. The van der Waals surface area contributed by atoms with Gasteiger partial charge in [-0.25, -0.2) is 4.98 Å². The van der Waals surface area contributed by atoms with Crippen molar-refractivity contribution in [1.82, 2.24) is 9.88 Å². The van der Waals surface area contributed by atoms with Crippen LogP contribution in [0.4, 0.5) is 0 Å². The van der Waals surface area contributed by atoms with Crippen LogP contribution in [-0.2, 0) is 0 Å². The van der Waals surface area contributed by atoms with Gasteiger partial charge >= 0.3 is 0 Å². The Balaban J connectivity index is 1.58. The smallest absolute Gasteiger partial charge is 0.254 e. The zero-order valence-electron chi connectivity index (χ0n) is 13.2. The summed E-state index contributed by atoms with van der Waals surface area (Å²) in [4.78, 5) is 18.5. The largest absolute Gasteiger partial charge is 0.471 e. The highest BCUT2D eigenvalue weighted by Crippen LogP contribution is 2.20. The maximum Gasteiger partial charge on any atom is 0.254 e. The fourth-order valence-electron chi connectivity index (χ4n) is 2.49. The molecule has 0 N–H and O–H groups in total. The molecule has 0 unspecified atom stereocenters. The molecule has 2 aromatic rings. The lowest BCUT2D eigenvalue weighted by molar-refractivity contribution is 0.0159. The fourth-order valence-corrected chi connectivity index (χ4v) is 2.49. The molecule has 3 rings (SSSR count). The van der Waals surface area contributed by atoms with Crippen molar-refractivity contribution < 1.29 is 9.53 Å². The van der Waals surface area contributed by atoms with Gasteiger partial charge in [-0.15, -0.1) is 0 Å². The molecule has 4 heteroatoms. The minimum atomic E-state index is 0.0322. The maximum atomic E-state index is 12.4. The number of carbonyl (C=O) groups excluding carboxylic acids is 1. The fraction of sp³-hybridized carbons (Fsp3) is 0.333. The Morgan fingerprint density at radius 2 is 1.91 bits per heavy atom. The molecule has 0 spiro atoms. The van der Waals surface area contributed by atoms with Crippen LogP contribution in [0.3, 0.4) is 0 Å². The summed E-state index contributed by atoms with van der Waals surface area (Å²) < 4.78 is 5.79. The maximum absolute atomic E-state index is 12.4. The zero-order valence-corrected chi connectivity index (χ0v) is 13.2. The van der Waals surface area contributed by atoms with E-state index in [9.17, 15) is 4.79 Å². The molecule has 0 saturated carbocycles. The molecule has 22 heavy (non-hydrogen) atoms. The predicted molar refractivity (Wildman–Crippen MR) is 85.2 cm³/mol. The third-order valence-corrected chi connectivity index (χ3v) is 4.04. The van der Waals surface area contributed by atoms with Crippen LogP contribution < -0.4 is 4.74 Å². The SMILES string of the molecule is Cc1cccc(OC2CN(C(=O)c3ccc(C)c(C)c3)C2)n1. The van der Waals surface area contributed by atoms with Crippen LogP contribution >= 0.6 is 0 Å². The van der Waals surface area contributed by atoms with Crippen molar-refractivity contribution in [3.8, 4) is 5.88 Å². The number of rotatable bonds is 3. The third kappa shape index (κ3) is 2.96. The molecule has 2 heterocycles. The van der Waals surface area contributed by atoms with Crippen molar-refractivity contribution in [2.75, 3.05) is 13.1 Å². The topological polar surface area (TPSA) is 42.4 Å². The van der Waals surface area contributed by atoms with Crippen molar-refractivity contribution in [3.63, 3.8) is 0 Å². The zero-order chi connectivity index (χ0) is 15.7. The normalized spacial score (nSPS) is 14.6. The van der Waals surface area contributed by atoms with Gasteiger partial charge in [0.1, 0.15) is 6.10 Å². The van der Waals surface area contributed by atoms with Crippen LogP contribution in [0.1, 0.15) is 27.2 Å². The van der Waals surface area contributed by atoms with Crippen LogP contribution in [0, 0.1) is 20.8 Å². The van der Waals surface area contributed by atoms with E-state index in [2.05, 4.69) is 4.98 Å². The van der Waals surface area contributed by atoms with Crippen LogP contribution in [0.15, 0.2) is 36.4 Å². The van der Waals surface area contributed by atoms with Gasteiger partial charge in [0, 0.05) is 17.3 Å². The average Bonchev–Trinajstić information content (AvgIpc) is 2.45. The first-order valence-electron chi connectivity index (χ1n) is 7.50. The van der Waals surface area contributed by atoms with Crippen molar-refractivity contribution >= 4 is 5.91 Å². The highest BCUT2D eigenvalue weighted by atomic mass is 16.5. The number of pyridine rings is 1. The van der Waals surface area contributed by atoms with E-state index < -0.39 is 0 Å². The minimum absolute atomic E-state index is 0.0322. The highest BCUT2D eigenvalue weighted by Gasteiger charge is 2.33. The molecule has 1 aromatic carbocycles. The molecular formula is C18H20N2O2. The molecule has 114 valence electrons. The van der Waals surface area contributed by atoms with Crippen molar-refractivity contribution in [1.29, 1.82) is 0 Å². The Morgan fingerprint density at radius 1 is 1.14 bits per heavy atom. The van der Waals surface area contributed by atoms with Gasteiger partial charge in [-0.1, -0.05) is 12.1 Å². The highest BCUT2D eigenvalue weighted by molar-refractivity contribution is 5.95.